The van der Waals surface area contributed by atoms with Crippen molar-refractivity contribution >= 4 is 27.0 Å². The van der Waals surface area contributed by atoms with Gasteiger partial charge in [-0.25, -0.2) is 13.4 Å². The number of aromatic nitrogens is 1. The lowest BCUT2D eigenvalue weighted by Gasteiger charge is -2.18. The Morgan fingerprint density at radius 2 is 1.70 bits per heavy atom. The standard InChI is InChI=1S/C23H27N3O2S2/c1-5-16-26-22(17-29-23(26)24-20-12-8-18(4)9-13-20)19-10-14-21(15-11-19)30(27,28)25(6-2)7-3/h5,8-15,17H,1,6-7,16H2,2-4H3. The summed E-state index contributed by atoms with van der Waals surface area (Å²) in [5, 5.41) is 2.05. The number of allylic oxidation sites excluding steroid dienone is 1. The van der Waals surface area contributed by atoms with Gasteiger partial charge in [0, 0.05) is 25.0 Å². The molecule has 0 aliphatic carbocycles. The van der Waals surface area contributed by atoms with Gasteiger partial charge in [0.15, 0.2) is 4.80 Å². The molecule has 0 saturated heterocycles. The Bertz CT molecular complexity index is 1170. The summed E-state index contributed by atoms with van der Waals surface area (Å²) in [7, 11) is -3.47. The van der Waals surface area contributed by atoms with Gasteiger partial charge in [-0.15, -0.1) is 17.9 Å². The molecule has 3 rings (SSSR count). The van der Waals surface area contributed by atoms with Crippen LogP contribution in [0.15, 0.2) is 76.5 Å². The minimum Gasteiger partial charge on any atom is -0.313 e. The molecule has 5 nitrogen and oxygen atoms in total. The molecule has 0 radical (unpaired) electrons. The maximum Gasteiger partial charge on any atom is 0.243 e. The average molecular weight is 442 g/mol. The molecule has 0 bridgehead atoms. The van der Waals surface area contributed by atoms with E-state index in [2.05, 4.69) is 18.1 Å². The van der Waals surface area contributed by atoms with Gasteiger partial charge < -0.3 is 4.57 Å². The first-order valence-corrected chi connectivity index (χ1v) is 12.2. The zero-order chi connectivity index (χ0) is 21.7. The van der Waals surface area contributed by atoms with E-state index in [1.165, 1.54) is 9.87 Å². The first kappa shape index (κ1) is 22.2. The lowest BCUT2D eigenvalue weighted by Crippen LogP contribution is -2.30. The molecule has 2 aromatic carbocycles. The van der Waals surface area contributed by atoms with Gasteiger partial charge >= 0.3 is 0 Å². The SMILES string of the molecule is C=CCn1c(-c2ccc(S(=O)(=O)N(CC)CC)cc2)csc1=Nc1ccc(C)cc1. The Morgan fingerprint density at radius 1 is 1.07 bits per heavy atom. The smallest absolute Gasteiger partial charge is 0.243 e. The molecular weight excluding hydrogens is 414 g/mol. The number of benzene rings is 2. The van der Waals surface area contributed by atoms with E-state index in [4.69, 9.17) is 4.99 Å². The molecule has 0 amide bonds. The van der Waals surface area contributed by atoms with Crippen molar-refractivity contribution in [2.45, 2.75) is 32.2 Å². The van der Waals surface area contributed by atoms with E-state index in [-0.39, 0.29) is 0 Å². The van der Waals surface area contributed by atoms with Gasteiger partial charge in [0.05, 0.1) is 16.3 Å². The van der Waals surface area contributed by atoms with Crippen molar-refractivity contribution in [3.05, 3.63) is 76.9 Å². The zero-order valence-corrected chi connectivity index (χ0v) is 19.2. The monoisotopic (exact) mass is 441 g/mol. The van der Waals surface area contributed by atoms with Crippen LogP contribution in [0.4, 0.5) is 5.69 Å². The van der Waals surface area contributed by atoms with Crippen molar-refractivity contribution in [2.24, 2.45) is 4.99 Å². The van der Waals surface area contributed by atoms with Crippen LogP contribution in [-0.2, 0) is 16.6 Å². The molecule has 0 aliphatic heterocycles. The number of hydrogen-bond acceptors (Lipinski definition) is 4. The van der Waals surface area contributed by atoms with Crippen LogP contribution < -0.4 is 4.80 Å². The Kier molecular flexibility index (Phi) is 7.07. The number of thiazole rings is 1. The molecule has 1 aromatic heterocycles. The van der Waals surface area contributed by atoms with Crippen molar-refractivity contribution in [2.75, 3.05) is 13.1 Å². The molecule has 0 fully saturated rings. The second kappa shape index (κ2) is 9.55. The zero-order valence-electron chi connectivity index (χ0n) is 17.6. The largest absolute Gasteiger partial charge is 0.313 e. The van der Waals surface area contributed by atoms with Crippen LogP contribution in [0, 0.1) is 6.92 Å². The number of nitrogens with zero attached hydrogens (tertiary/aromatic N) is 3. The Labute approximate surface area is 182 Å². The van der Waals surface area contributed by atoms with Gasteiger partial charge in [0.2, 0.25) is 10.0 Å². The van der Waals surface area contributed by atoms with Gasteiger partial charge in [-0.2, -0.15) is 4.31 Å². The lowest BCUT2D eigenvalue weighted by atomic mass is 10.2. The van der Waals surface area contributed by atoms with E-state index in [9.17, 15) is 8.42 Å². The Morgan fingerprint density at radius 3 is 2.27 bits per heavy atom. The van der Waals surface area contributed by atoms with Crippen molar-refractivity contribution in [3.63, 3.8) is 0 Å². The van der Waals surface area contributed by atoms with Gasteiger partial charge in [-0.1, -0.05) is 49.8 Å². The summed E-state index contributed by atoms with van der Waals surface area (Å²) in [6, 6.07) is 15.1. The average Bonchev–Trinajstić information content (AvgIpc) is 3.13. The molecule has 0 saturated carbocycles. The molecular formula is C23H27N3O2S2. The summed E-state index contributed by atoms with van der Waals surface area (Å²) < 4.78 is 29.0. The fraction of sp³-hybridized carbons (Fsp3) is 0.261. The minimum absolute atomic E-state index is 0.310. The molecule has 0 N–H and O–H groups in total. The van der Waals surface area contributed by atoms with E-state index in [1.54, 1.807) is 23.5 Å². The fourth-order valence-electron chi connectivity index (χ4n) is 3.19. The maximum atomic E-state index is 12.7. The van der Waals surface area contributed by atoms with Crippen molar-refractivity contribution in [3.8, 4) is 11.3 Å². The molecule has 1 heterocycles. The molecule has 0 aliphatic rings. The fourth-order valence-corrected chi connectivity index (χ4v) is 5.59. The van der Waals surface area contributed by atoms with Gasteiger partial charge in [-0.3, -0.25) is 0 Å². The number of rotatable bonds is 8. The quantitative estimate of drug-likeness (QED) is 0.463. The molecule has 0 spiro atoms. The predicted molar refractivity (Wildman–Crippen MR) is 124 cm³/mol. The summed E-state index contributed by atoms with van der Waals surface area (Å²) in [5.41, 5.74) is 4.02. The normalized spacial score (nSPS) is 12.5. The number of hydrogen-bond donors (Lipinski definition) is 0. The molecule has 158 valence electrons. The third kappa shape index (κ3) is 4.64. The van der Waals surface area contributed by atoms with Gasteiger partial charge in [0.25, 0.3) is 0 Å². The second-order valence-corrected chi connectivity index (χ2v) is 9.64. The maximum absolute atomic E-state index is 12.7. The number of sulfonamides is 1. The highest BCUT2D eigenvalue weighted by molar-refractivity contribution is 7.89. The van der Waals surface area contributed by atoms with Gasteiger partial charge in [0.1, 0.15) is 0 Å². The molecule has 3 aromatic rings. The number of aryl methyl sites for hydroxylation is 1. The predicted octanol–water partition coefficient (Wildman–Crippen LogP) is 4.97. The van der Waals surface area contributed by atoms with Crippen molar-refractivity contribution in [1.82, 2.24) is 8.87 Å². The van der Waals surface area contributed by atoms with Crippen LogP contribution in [0.25, 0.3) is 11.3 Å². The van der Waals surface area contributed by atoms with E-state index in [0.29, 0.717) is 24.5 Å². The highest BCUT2D eigenvalue weighted by atomic mass is 32.2. The highest BCUT2D eigenvalue weighted by Gasteiger charge is 2.21. The van der Waals surface area contributed by atoms with Crippen LogP contribution in [0.3, 0.4) is 0 Å². The topological polar surface area (TPSA) is 54.7 Å². The van der Waals surface area contributed by atoms with Crippen LogP contribution >= 0.6 is 11.3 Å². The second-order valence-electron chi connectivity index (χ2n) is 6.86. The first-order valence-electron chi connectivity index (χ1n) is 9.92. The van der Waals surface area contributed by atoms with E-state index < -0.39 is 10.0 Å². The van der Waals surface area contributed by atoms with E-state index in [0.717, 1.165) is 21.7 Å². The molecule has 7 heteroatoms. The Balaban J connectivity index is 2.01. The van der Waals surface area contributed by atoms with E-state index >= 15 is 0 Å². The summed E-state index contributed by atoms with van der Waals surface area (Å²) >= 11 is 1.55. The Hall–Kier alpha value is -2.48. The van der Waals surface area contributed by atoms with Gasteiger partial charge in [-0.05, 0) is 36.8 Å². The molecule has 0 atom stereocenters. The van der Waals surface area contributed by atoms with Crippen LogP contribution in [0.2, 0.25) is 0 Å². The highest BCUT2D eigenvalue weighted by Crippen LogP contribution is 2.24. The van der Waals surface area contributed by atoms with Crippen LogP contribution in [0.1, 0.15) is 19.4 Å². The van der Waals surface area contributed by atoms with Crippen molar-refractivity contribution in [1.29, 1.82) is 0 Å². The summed E-state index contributed by atoms with van der Waals surface area (Å²) in [5.74, 6) is 0. The molecule has 30 heavy (non-hydrogen) atoms. The first-order chi connectivity index (χ1) is 14.4. The van der Waals surface area contributed by atoms with E-state index in [1.807, 2.05) is 61.7 Å². The summed E-state index contributed by atoms with van der Waals surface area (Å²) in [4.78, 5) is 5.96. The molecule has 0 unspecified atom stereocenters. The van der Waals surface area contributed by atoms with Crippen molar-refractivity contribution < 1.29 is 8.42 Å². The minimum atomic E-state index is -3.47. The summed E-state index contributed by atoms with van der Waals surface area (Å²) in [6.07, 6.45) is 1.84. The lowest BCUT2D eigenvalue weighted by molar-refractivity contribution is 0.445. The van der Waals surface area contributed by atoms with Crippen LogP contribution in [0.5, 0.6) is 0 Å². The third-order valence-electron chi connectivity index (χ3n) is 4.86. The summed E-state index contributed by atoms with van der Waals surface area (Å²) in [6.45, 7) is 11.1. The third-order valence-corrected chi connectivity index (χ3v) is 7.79. The van der Waals surface area contributed by atoms with Crippen LogP contribution in [-0.4, -0.2) is 30.4 Å².